The molecule has 2 rings (SSSR count). The van der Waals surface area contributed by atoms with E-state index in [1.807, 2.05) is 25.0 Å². The van der Waals surface area contributed by atoms with Crippen molar-refractivity contribution in [2.45, 2.75) is 51.7 Å². The average molecular weight is 321 g/mol. The zero-order valence-electron chi connectivity index (χ0n) is 15.1. The van der Waals surface area contributed by atoms with E-state index in [0.717, 1.165) is 25.9 Å². The van der Waals surface area contributed by atoms with Gasteiger partial charge in [0.05, 0.1) is 12.7 Å². The predicted molar refractivity (Wildman–Crippen MR) is 92.3 cm³/mol. The molecule has 0 aromatic carbocycles. The van der Waals surface area contributed by atoms with Crippen molar-refractivity contribution >= 4 is 5.91 Å². The van der Waals surface area contributed by atoms with Gasteiger partial charge >= 0.3 is 0 Å². The number of piperidine rings is 1. The van der Waals surface area contributed by atoms with Crippen LogP contribution in [0.5, 0.6) is 0 Å². The Hall–Kier alpha value is -1.40. The van der Waals surface area contributed by atoms with Gasteiger partial charge in [-0.05, 0) is 33.6 Å². The molecule has 6 heteroatoms. The van der Waals surface area contributed by atoms with Crippen LogP contribution in [0.3, 0.4) is 0 Å². The third kappa shape index (κ3) is 5.04. The summed E-state index contributed by atoms with van der Waals surface area (Å²) in [6.07, 6.45) is 6.27. The first-order valence-corrected chi connectivity index (χ1v) is 8.59. The molecule has 1 saturated heterocycles. The highest BCUT2D eigenvalue weighted by Crippen LogP contribution is 2.18. The number of hydrogen-bond donors (Lipinski definition) is 1. The molecule has 0 bridgehead atoms. The number of carbonyl (C=O) groups excluding carboxylic acids is 1. The third-order valence-electron chi connectivity index (χ3n) is 4.58. The van der Waals surface area contributed by atoms with E-state index in [9.17, 15) is 4.79 Å². The lowest BCUT2D eigenvalue weighted by molar-refractivity contribution is -0.130. The Bertz CT molecular complexity index is 503. The monoisotopic (exact) mass is 321 g/mol. The van der Waals surface area contributed by atoms with E-state index in [1.165, 1.54) is 5.56 Å². The number of nitrogens with zero attached hydrogens (tertiary/aromatic N) is 4. The second kappa shape index (κ2) is 7.93. The van der Waals surface area contributed by atoms with Gasteiger partial charge in [0, 0.05) is 57.1 Å². The molecule has 23 heavy (non-hydrogen) atoms. The topological polar surface area (TPSA) is 53.4 Å². The Morgan fingerprint density at radius 2 is 2.00 bits per heavy atom. The van der Waals surface area contributed by atoms with Gasteiger partial charge < -0.3 is 10.2 Å². The van der Waals surface area contributed by atoms with Crippen molar-refractivity contribution in [2.24, 2.45) is 0 Å². The zero-order valence-corrected chi connectivity index (χ0v) is 15.1. The van der Waals surface area contributed by atoms with Crippen LogP contribution in [-0.2, 0) is 4.79 Å². The van der Waals surface area contributed by atoms with Gasteiger partial charge in [-0.25, -0.2) is 0 Å². The smallest absolute Gasteiger partial charge is 0.236 e. The zero-order chi connectivity index (χ0) is 17.0. The van der Waals surface area contributed by atoms with Gasteiger partial charge in [-0.2, -0.15) is 5.10 Å². The number of likely N-dealkylation sites (N-methyl/N-ethyl adjacent to an activating group) is 1. The van der Waals surface area contributed by atoms with Crippen molar-refractivity contribution in [3.8, 4) is 0 Å². The van der Waals surface area contributed by atoms with Crippen LogP contribution in [-0.4, -0.2) is 65.3 Å². The second-order valence-electron chi connectivity index (χ2n) is 7.07. The third-order valence-corrected chi connectivity index (χ3v) is 4.58. The lowest BCUT2D eigenvalue weighted by Gasteiger charge is -2.33. The Morgan fingerprint density at radius 3 is 2.52 bits per heavy atom. The first-order chi connectivity index (χ1) is 10.9. The Balaban J connectivity index is 1.78. The Labute approximate surface area is 139 Å². The van der Waals surface area contributed by atoms with Gasteiger partial charge in [-0.3, -0.25) is 14.4 Å². The summed E-state index contributed by atoms with van der Waals surface area (Å²) in [5.74, 6) is 0.186. The van der Waals surface area contributed by atoms with Crippen LogP contribution in [0.2, 0.25) is 0 Å². The minimum atomic E-state index is 0.186. The molecule has 1 aromatic rings. The summed E-state index contributed by atoms with van der Waals surface area (Å²) in [5.41, 5.74) is 1.24. The number of hydrogen-bond acceptors (Lipinski definition) is 4. The first kappa shape index (κ1) is 17.9. The molecule has 1 amide bonds. The molecule has 0 radical (unpaired) electrons. The lowest BCUT2D eigenvalue weighted by atomic mass is 10.0. The number of amides is 1. The van der Waals surface area contributed by atoms with E-state index < -0.39 is 0 Å². The highest BCUT2D eigenvalue weighted by molar-refractivity contribution is 5.77. The van der Waals surface area contributed by atoms with Gasteiger partial charge in [0.15, 0.2) is 0 Å². The van der Waals surface area contributed by atoms with Crippen molar-refractivity contribution in [1.82, 2.24) is 24.9 Å². The number of aromatic nitrogens is 2. The number of rotatable bonds is 6. The summed E-state index contributed by atoms with van der Waals surface area (Å²) in [6.45, 7) is 8.98. The molecule has 1 fully saturated rings. The summed E-state index contributed by atoms with van der Waals surface area (Å²) in [6, 6.07) is 1.22. The maximum absolute atomic E-state index is 11.8. The van der Waals surface area contributed by atoms with Crippen LogP contribution in [0.25, 0.3) is 0 Å². The predicted octanol–water partition coefficient (Wildman–Crippen LogP) is 1.67. The lowest BCUT2D eigenvalue weighted by Crippen LogP contribution is -2.46. The molecule has 130 valence electrons. The fourth-order valence-electron chi connectivity index (χ4n) is 2.90. The Kier molecular flexibility index (Phi) is 6.18. The summed E-state index contributed by atoms with van der Waals surface area (Å²) >= 11 is 0. The van der Waals surface area contributed by atoms with Gasteiger partial charge in [-0.15, -0.1) is 0 Å². The summed E-state index contributed by atoms with van der Waals surface area (Å²) in [7, 11) is 3.63. The molecule has 1 N–H and O–H groups in total. The van der Waals surface area contributed by atoms with E-state index >= 15 is 0 Å². The highest BCUT2D eigenvalue weighted by atomic mass is 16.2. The van der Waals surface area contributed by atoms with Crippen LogP contribution in [0.1, 0.15) is 51.3 Å². The van der Waals surface area contributed by atoms with Crippen molar-refractivity contribution in [1.29, 1.82) is 0 Å². The molecule has 0 aliphatic carbocycles. The van der Waals surface area contributed by atoms with E-state index in [-0.39, 0.29) is 5.91 Å². The van der Waals surface area contributed by atoms with Crippen LogP contribution < -0.4 is 5.32 Å². The van der Waals surface area contributed by atoms with Crippen molar-refractivity contribution < 1.29 is 4.79 Å². The van der Waals surface area contributed by atoms with Crippen LogP contribution in [0.15, 0.2) is 12.4 Å². The minimum Gasteiger partial charge on any atom is -0.348 e. The molecule has 1 aliphatic rings. The normalized spacial score (nSPS) is 18.3. The average Bonchev–Trinajstić information content (AvgIpc) is 2.99. The number of likely N-dealkylation sites (tertiary alicyclic amines) is 1. The molecular weight excluding hydrogens is 290 g/mol. The van der Waals surface area contributed by atoms with Gasteiger partial charge in [-0.1, -0.05) is 0 Å². The Morgan fingerprint density at radius 1 is 1.35 bits per heavy atom. The van der Waals surface area contributed by atoms with Crippen LogP contribution >= 0.6 is 0 Å². The van der Waals surface area contributed by atoms with E-state index in [0.29, 0.717) is 24.7 Å². The van der Waals surface area contributed by atoms with Crippen molar-refractivity contribution in [3.63, 3.8) is 0 Å². The molecule has 1 aromatic heterocycles. The maximum Gasteiger partial charge on any atom is 0.236 e. The van der Waals surface area contributed by atoms with Gasteiger partial charge in [0.25, 0.3) is 0 Å². The summed E-state index contributed by atoms with van der Waals surface area (Å²) in [5, 5.41) is 8.13. The molecule has 0 saturated carbocycles. The quantitative estimate of drug-likeness (QED) is 0.866. The highest BCUT2D eigenvalue weighted by Gasteiger charge is 2.23. The molecule has 2 heterocycles. The fraction of sp³-hybridized carbons (Fsp3) is 0.765. The minimum absolute atomic E-state index is 0.186. The number of carbonyl (C=O) groups is 1. The summed E-state index contributed by atoms with van der Waals surface area (Å²) < 4.78 is 2.00. The fourth-order valence-corrected chi connectivity index (χ4v) is 2.90. The molecular formula is C17H31N5O. The van der Waals surface area contributed by atoms with Gasteiger partial charge in [0.2, 0.25) is 5.91 Å². The SMILES string of the molecule is CC(C)n1cc([C@H](C)NC2CCN(CC(=O)N(C)C)CC2)cn1. The van der Waals surface area contributed by atoms with Crippen LogP contribution in [0, 0.1) is 0 Å². The second-order valence-corrected chi connectivity index (χ2v) is 7.07. The molecule has 1 atom stereocenters. The van der Waals surface area contributed by atoms with Crippen molar-refractivity contribution in [2.75, 3.05) is 33.7 Å². The maximum atomic E-state index is 11.8. The van der Waals surface area contributed by atoms with E-state index in [1.54, 1.807) is 4.90 Å². The molecule has 0 unspecified atom stereocenters. The van der Waals surface area contributed by atoms with E-state index in [4.69, 9.17) is 0 Å². The summed E-state index contributed by atoms with van der Waals surface area (Å²) in [4.78, 5) is 15.7. The van der Waals surface area contributed by atoms with Crippen LogP contribution in [0.4, 0.5) is 0 Å². The molecule has 6 nitrogen and oxygen atoms in total. The van der Waals surface area contributed by atoms with Crippen molar-refractivity contribution in [3.05, 3.63) is 18.0 Å². The number of nitrogens with one attached hydrogen (secondary N) is 1. The molecule has 1 aliphatic heterocycles. The standard InChI is InChI=1S/C17H31N5O/c1-13(2)22-11-15(10-18-22)14(3)19-16-6-8-21(9-7-16)12-17(23)20(4)5/h10-11,13-14,16,19H,6-9,12H2,1-5H3/t14-/m0/s1. The van der Waals surface area contributed by atoms with Gasteiger partial charge in [0.1, 0.15) is 0 Å². The largest absolute Gasteiger partial charge is 0.348 e. The molecule has 0 spiro atoms. The first-order valence-electron chi connectivity index (χ1n) is 8.59. The van der Waals surface area contributed by atoms with E-state index in [2.05, 4.69) is 42.3 Å².